The summed E-state index contributed by atoms with van der Waals surface area (Å²) >= 11 is 0. The molecule has 1 amide bonds. The van der Waals surface area contributed by atoms with Gasteiger partial charge in [-0.25, -0.2) is 22.2 Å². The number of sulfonamides is 1. The first-order valence-electron chi connectivity index (χ1n) is 10.8. The van der Waals surface area contributed by atoms with Crippen LogP contribution in [0.15, 0.2) is 53.4 Å². The number of hydrogen-bond acceptors (Lipinski definition) is 6. The van der Waals surface area contributed by atoms with E-state index >= 15 is 0 Å². The minimum atomic E-state index is -4.35. The van der Waals surface area contributed by atoms with Crippen molar-refractivity contribution in [3.63, 3.8) is 0 Å². The van der Waals surface area contributed by atoms with Crippen LogP contribution in [0.4, 0.5) is 14.5 Å². The number of benzene rings is 2. The first-order chi connectivity index (χ1) is 17.0. The van der Waals surface area contributed by atoms with Crippen LogP contribution in [0, 0.1) is 18.6 Å². The molecule has 12 heteroatoms. The Kier molecular flexibility index (Phi) is 6.88. The van der Waals surface area contributed by atoms with Crippen molar-refractivity contribution >= 4 is 32.5 Å². The molecule has 0 aliphatic rings. The van der Waals surface area contributed by atoms with Crippen LogP contribution >= 0.6 is 0 Å². The second-order valence-corrected chi connectivity index (χ2v) is 9.85. The van der Waals surface area contributed by atoms with Crippen LogP contribution in [0.3, 0.4) is 0 Å². The highest BCUT2D eigenvalue weighted by Crippen LogP contribution is 2.31. The van der Waals surface area contributed by atoms with E-state index in [2.05, 4.69) is 19.9 Å². The van der Waals surface area contributed by atoms with Crippen molar-refractivity contribution in [2.45, 2.75) is 18.2 Å². The standard InChI is InChI=1S/C24H23F2N5O4S/c1-14-23-20(29-28-14)13-19(27-24(23)35-11-10-22(32)31(2)3)15-4-7-17(8-5-15)30-36(33,34)21-12-16(25)6-9-18(21)26/h4-9,12-13,30H,10-11H2,1-3H3,(H,28,29). The molecule has 0 aliphatic heterocycles. The third kappa shape index (κ3) is 5.28. The molecule has 2 aromatic carbocycles. The Labute approximate surface area is 206 Å². The average Bonchev–Trinajstić information content (AvgIpc) is 3.21. The number of pyridine rings is 1. The maximum Gasteiger partial charge on any atom is 0.264 e. The fourth-order valence-electron chi connectivity index (χ4n) is 3.46. The summed E-state index contributed by atoms with van der Waals surface area (Å²) in [6.45, 7) is 1.96. The molecule has 0 radical (unpaired) electrons. The molecule has 4 aromatic rings. The number of aryl methyl sites for hydroxylation is 1. The molecule has 0 atom stereocenters. The molecule has 2 heterocycles. The van der Waals surface area contributed by atoms with Gasteiger partial charge in [-0.15, -0.1) is 0 Å². The number of amides is 1. The van der Waals surface area contributed by atoms with Gasteiger partial charge in [-0.2, -0.15) is 5.10 Å². The highest BCUT2D eigenvalue weighted by Gasteiger charge is 2.20. The second kappa shape index (κ2) is 9.90. The molecule has 2 aromatic heterocycles. The number of aromatic amines is 1. The molecule has 188 valence electrons. The lowest BCUT2D eigenvalue weighted by atomic mass is 10.1. The molecular weight excluding hydrogens is 492 g/mol. The van der Waals surface area contributed by atoms with Gasteiger partial charge in [-0.1, -0.05) is 12.1 Å². The van der Waals surface area contributed by atoms with Gasteiger partial charge in [0.2, 0.25) is 11.8 Å². The second-order valence-electron chi connectivity index (χ2n) is 8.20. The number of aromatic nitrogens is 3. The molecule has 0 fully saturated rings. The SMILES string of the molecule is Cc1[nH]nc2cc(-c3ccc(NS(=O)(=O)c4cc(F)ccc4F)cc3)nc(OCCC(=O)N(C)C)c12. The Hall–Kier alpha value is -4.06. The molecule has 36 heavy (non-hydrogen) atoms. The summed E-state index contributed by atoms with van der Waals surface area (Å²) in [5.74, 6) is -1.70. The zero-order chi connectivity index (χ0) is 26.0. The van der Waals surface area contributed by atoms with Gasteiger partial charge < -0.3 is 9.64 Å². The van der Waals surface area contributed by atoms with Crippen molar-refractivity contribution in [3.05, 3.63) is 65.9 Å². The Balaban J connectivity index is 1.59. The van der Waals surface area contributed by atoms with E-state index in [9.17, 15) is 22.0 Å². The molecule has 4 rings (SSSR count). The topological polar surface area (TPSA) is 117 Å². The molecule has 0 aliphatic carbocycles. The van der Waals surface area contributed by atoms with Gasteiger partial charge in [0.25, 0.3) is 10.0 Å². The van der Waals surface area contributed by atoms with Crippen molar-refractivity contribution in [3.8, 4) is 17.1 Å². The molecule has 0 spiro atoms. The molecule has 0 bridgehead atoms. The Morgan fingerprint density at radius 3 is 2.53 bits per heavy atom. The molecule has 2 N–H and O–H groups in total. The average molecular weight is 516 g/mol. The van der Waals surface area contributed by atoms with Gasteiger partial charge in [0.1, 0.15) is 16.5 Å². The van der Waals surface area contributed by atoms with Gasteiger partial charge in [0.05, 0.1) is 29.6 Å². The van der Waals surface area contributed by atoms with Crippen LogP contribution in [0.5, 0.6) is 5.88 Å². The van der Waals surface area contributed by atoms with Crippen LogP contribution in [-0.2, 0) is 14.8 Å². The van der Waals surface area contributed by atoms with Crippen molar-refractivity contribution in [1.82, 2.24) is 20.1 Å². The van der Waals surface area contributed by atoms with E-state index in [1.165, 1.54) is 17.0 Å². The summed E-state index contributed by atoms with van der Waals surface area (Å²) in [7, 11) is -1.02. The maximum absolute atomic E-state index is 14.0. The maximum atomic E-state index is 14.0. The lowest BCUT2D eigenvalue weighted by molar-refractivity contribution is -0.129. The van der Waals surface area contributed by atoms with E-state index in [0.717, 1.165) is 17.8 Å². The fourth-order valence-corrected chi connectivity index (χ4v) is 4.61. The number of halogens is 2. The van der Waals surface area contributed by atoms with Crippen LogP contribution in [0.1, 0.15) is 12.1 Å². The smallest absolute Gasteiger partial charge is 0.264 e. The zero-order valence-corrected chi connectivity index (χ0v) is 20.5. The summed E-state index contributed by atoms with van der Waals surface area (Å²) in [5, 5.41) is 7.86. The van der Waals surface area contributed by atoms with E-state index in [1.54, 1.807) is 32.3 Å². The number of ether oxygens (including phenoxy) is 1. The number of anilines is 1. The predicted molar refractivity (Wildman–Crippen MR) is 130 cm³/mol. The van der Waals surface area contributed by atoms with Gasteiger partial charge in [-0.3, -0.25) is 14.6 Å². The number of nitrogens with zero attached hydrogens (tertiary/aromatic N) is 3. The Bertz CT molecular complexity index is 1540. The van der Waals surface area contributed by atoms with Gasteiger partial charge in [-0.05, 0) is 43.3 Å². The minimum Gasteiger partial charge on any atom is -0.477 e. The summed E-state index contributed by atoms with van der Waals surface area (Å²) in [4.78, 5) is 17.1. The van der Waals surface area contributed by atoms with Gasteiger partial charge in [0, 0.05) is 31.0 Å². The highest BCUT2D eigenvalue weighted by molar-refractivity contribution is 7.92. The van der Waals surface area contributed by atoms with E-state index in [-0.39, 0.29) is 24.6 Å². The van der Waals surface area contributed by atoms with E-state index in [1.807, 2.05) is 6.92 Å². The van der Waals surface area contributed by atoms with Crippen molar-refractivity contribution in [2.75, 3.05) is 25.4 Å². The van der Waals surface area contributed by atoms with Gasteiger partial charge in [0.15, 0.2) is 0 Å². The lowest BCUT2D eigenvalue weighted by Gasteiger charge is -2.12. The van der Waals surface area contributed by atoms with E-state index in [0.29, 0.717) is 34.1 Å². The number of fused-ring (bicyclic) bond motifs is 1. The van der Waals surface area contributed by atoms with Crippen molar-refractivity contribution in [2.24, 2.45) is 0 Å². The summed E-state index contributed by atoms with van der Waals surface area (Å²) in [5.41, 5.74) is 2.66. The fraction of sp³-hybridized carbons (Fsp3) is 0.208. The Morgan fingerprint density at radius 1 is 1.11 bits per heavy atom. The first-order valence-corrected chi connectivity index (χ1v) is 12.3. The number of rotatable bonds is 8. The number of H-pyrrole nitrogens is 1. The molecule has 9 nitrogen and oxygen atoms in total. The van der Waals surface area contributed by atoms with Crippen LogP contribution in [0.2, 0.25) is 0 Å². The number of nitrogens with one attached hydrogen (secondary N) is 2. The highest BCUT2D eigenvalue weighted by atomic mass is 32.2. The largest absolute Gasteiger partial charge is 0.477 e. The summed E-state index contributed by atoms with van der Waals surface area (Å²) in [6.07, 6.45) is 0.179. The monoisotopic (exact) mass is 515 g/mol. The van der Waals surface area contributed by atoms with Crippen molar-refractivity contribution in [1.29, 1.82) is 0 Å². The number of carbonyl (C=O) groups is 1. The van der Waals surface area contributed by atoms with Crippen LogP contribution in [-0.4, -0.2) is 55.1 Å². The number of hydrogen-bond donors (Lipinski definition) is 2. The third-order valence-corrected chi connectivity index (χ3v) is 6.75. The summed E-state index contributed by atoms with van der Waals surface area (Å²) < 4.78 is 60.5. The van der Waals surface area contributed by atoms with Crippen molar-refractivity contribution < 1.29 is 26.7 Å². The molecule has 0 saturated heterocycles. The Morgan fingerprint density at radius 2 is 1.83 bits per heavy atom. The van der Waals surface area contributed by atoms with Gasteiger partial charge >= 0.3 is 0 Å². The lowest BCUT2D eigenvalue weighted by Crippen LogP contribution is -2.23. The van der Waals surface area contributed by atoms with E-state index in [4.69, 9.17) is 4.74 Å². The predicted octanol–water partition coefficient (Wildman–Crippen LogP) is 3.87. The van der Waals surface area contributed by atoms with Crippen LogP contribution < -0.4 is 9.46 Å². The first kappa shape index (κ1) is 25.0. The third-order valence-electron chi connectivity index (χ3n) is 5.35. The molecule has 0 saturated carbocycles. The molecular formula is C24H23F2N5O4S. The van der Waals surface area contributed by atoms with Crippen LogP contribution in [0.25, 0.3) is 22.2 Å². The molecule has 0 unspecified atom stereocenters. The minimum absolute atomic E-state index is 0.0810. The number of carbonyl (C=O) groups excluding carboxylic acids is 1. The van der Waals surface area contributed by atoms with E-state index < -0.39 is 26.6 Å². The quantitative estimate of drug-likeness (QED) is 0.368. The normalized spacial score (nSPS) is 11.5. The zero-order valence-electron chi connectivity index (χ0n) is 19.7. The summed E-state index contributed by atoms with van der Waals surface area (Å²) in [6, 6.07) is 10.1.